The van der Waals surface area contributed by atoms with E-state index in [1.54, 1.807) is 0 Å². The van der Waals surface area contributed by atoms with Gasteiger partial charge in [0.2, 0.25) is 5.88 Å². The highest BCUT2D eigenvalue weighted by Gasteiger charge is 2.27. The van der Waals surface area contributed by atoms with Crippen LogP contribution in [0.5, 0.6) is 5.88 Å². The van der Waals surface area contributed by atoms with Crippen LogP contribution in [0.3, 0.4) is 0 Å². The zero-order chi connectivity index (χ0) is 17.8. The quantitative estimate of drug-likeness (QED) is 0.786. The fourth-order valence-electron chi connectivity index (χ4n) is 4.48. The molecule has 3 fully saturated rings. The van der Waals surface area contributed by atoms with Crippen LogP contribution in [-0.4, -0.2) is 53.1 Å². The minimum atomic E-state index is 0.355. The normalized spacial score (nSPS) is 23.3. The zero-order valence-electron chi connectivity index (χ0n) is 16.0. The third-order valence-corrected chi connectivity index (χ3v) is 6.41. The Morgan fingerprint density at radius 3 is 2.46 bits per heavy atom. The summed E-state index contributed by atoms with van der Waals surface area (Å²) in [7, 11) is 0. The maximum absolute atomic E-state index is 6.05. The van der Waals surface area contributed by atoms with Gasteiger partial charge in [0, 0.05) is 55.7 Å². The van der Waals surface area contributed by atoms with Crippen LogP contribution in [0.4, 0.5) is 0 Å². The summed E-state index contributed by atoms with van der Waals surface area (Å²) in [5, 5.41) is 0. The van der Waals surface area contributed by atoms with Crippen molar-refractivity contribution in [1.29, 1.82) is 0 Å². The SMILES string of the molecule is C=C(c1ccc(OC2CCCCC2)nc1)N1CCCN(C2CCC2)CC1. The molecule has 0 N–H and O–H groups in total. The average molecular weight is 356 g/mol. The van der Waals surface area contributed by atoms with Crippen molar-refractivity contribution in [3.8, 4) is 5.88 Å². The fraction of sp³-hybridized carbons (Fsp3) is 0.682. The van der Waals surface area contributed by atoms with Crippen LogP contribution in [0.25, 0.3) is 5.70 Å². The summed E-state index contributed by atoms with van der Waals surface area (Å²) in [6, 6.07) is 5.00. The minimum absolute atomic E-state index is 0.355. The standard InChI is InChI=1S/C22H33N3O/c1-18(24-13-6-14-25(16-15-24)20-7-5-8-20)19-11-12-22(23-17-19)26-21-9-3-2-4-10-21/h11-12,17,20-21H,1-10,13-16H2. The summed E-state index contributed by atoms with van der Waals surface area (Å²) in [6.07, 6.45) is 14.0. The second-order valence-corrected chi connectivity index (χ2v) is 8.17. The molecule has 4 nitrogen and oxygen atoms in total. The minimum Gasteiger partial charge on any atom is -0.474 e. The lowest BCUT2D eigenvalue weighted by Crippen LogP contribution is -2.42. The molecule has 2 aliphatic carbocycles. The van der Waals surface area contributed by atoms with Crippen molar-refractivity contribution in [1.82, 2.24) is 14.8 Å². The van der Waals surface area contributed by atoms with Gasteiger partial charge in [-0.1, -0.05) is 19.4 Å². The van der Waals surface area contributed by atoms with Crippen LogP contribution in [0.15, 0.2) is 24.9 Å². The van der Waals surface area contributed by atoms with Gasteiger partial charge in [0.15, 0.2) is 0 Å². The molecule has 0 bridgehead atoms. The predicted molar refractivity (Wildman–Crippen MR) is 106 cm³/mol. The van der Waals surface area contributed by atoms with E-state index in [4.69, 9.17) is 4.74 Å². The van der Waals surface area contributed by atoms with Gasteiger partial charge in [0.25, 0.3) is 0 Å². The van der Waals surface area contributed by atoms with Gasteiger partial charge in [-0.3, -0.25) is 4.90 Å². The van der Waals surface area contributed by atoms with E-state index in [-0.39, 0.29) is 0 Å². The maximum atomic E-state index is 6.05. The second-order valence-electron chi connectivity index (χ2n) is 8.17. The first kappa shape index (κ1) is 17.8. The first-order valence-corrected chi connectivity index (χ1v) is 10.6. The molecular formula is C22H33N3O. The molecule has 26 heavy (non-hydrogen) atoms. The van der Waals surface area contributed by atoms with E-state index in [2.05, 4.69) is 27.4 Å². The Bertz CT molecular complexity index is 590. The smallest absolute Gasteiger partial charge is 0.213 e. The summed E-state index contributed by atoms with van der Waals surface area (Å²) < 4.78 is 6.05. The number of nitrogens with zero attached hydrogens (tertiary/aromatic N) is 3. The van der Waals surface area contributed by atoms with Crippen LogP contribution in [0, 0.1) is 0 Å². The van der Waals surface area contributed by atoms with Crippen LogP contribution in [0.2, 0.25) is 0 Å². The molecule has 4 rings (SSSR count). The molecule has 0 spiro atoms. The molecule has 0 radical (unpaired) electrons. The van der Waals surface area contributed by atoms with Crippen LogP contribution < -0.4 is 4.74 Å². The molecule has 2 heterocycles. The first-order chi connectivity index (χ1) is 12.8. The summed E-state index contributed by atoms with van der Waals surface area (Å²) >= 11 is 0. The van der Waals surface area contributed by atoms with Gasteiger partial charge in [-0.05, 0) is 51.0 Å². The number of aromatic nitrogens is 1. The highest BCUT2D eigenvalue weighted by atomic mass is 16.5. The highest BCUT2D eigenvalue weighted by Crippen LogP contribution is 2.27. The molecule has 3 aliphatic rings. The maximum Gasteiger partial charge on any atom is 0.213 e. The third-order valence-electron chi connectivity index (χ3n) is 6.41. The highest BCUT2D eigenvalue weighted by molar-refractivity contribution is 5.61. The van der Waals surface area contributed by atoms with Crippen molar-refractivity contribution in [2.75, 3.05) is 26.2 Å². The zero-order valence-corrected chi connectivity index (χ0v) is 16.0. The van der Waals surface area contributed by atoms with Crippen LogP contribution in [0.1, 0.15) is 63.4 Å². The molecule has 1 saturated heterocycles. The van der Waals surface area contributed by atoms with Gasteiger partial charge in [-0.2, -0.15) is 0 Å². The fourth-order valence-corrected chi connectivity index (χ4v) is 4.48. The molecule has 0 aromatic carbocycles. The van der Waals surface area contributed by atoms with Crippen molar-refractivity contribution in [3.63, 3.8) is 0 Å². The number of ether oxygens (including phenoxy) is 1. The average Bonchev–Trinajstić information content (AvgIpc) is 2.87. The Morgan fingerprint density at radius 1 is 0.923 bits per heavy atom. The van der Waals surface area contributed by atoms with Gasteiger partial charge < -0.3 is 9.64 Å². The van der Waals surface area contributed by atoms with E-state index in [1.165, 1.54) is 70.9 Å². The first-order valence-electron chi connectivity index (χ1n) is 10.6. The number of hydrogen-bond donors (Lipinski definition) is 0. The molecular weight excluding hydrogens is 322 g/mol. The van der Waals surface area contributed by atoms with Crippen molar-refractivity contribution in [3.05, 3.63) is 30.5 Å². The number of hydrogen-bond acceptors (Lipinski definition) is 4. The Hall–Kier alpha value is -1.55. The van der Waals surface area contributed by atoms with E-state index in [0.717, 1.165) is 36.3 Å². The molecule has 4 heteroatoms. The molecule has 1 aliphatic heterocycles. The van der Waals surface area contributed by atoms with Gasteiger partial charge in [-0.25, -0.2) is 4.98 Å². The van der Waals surface area contributed by atoms with Gasteiger partial charge in [0.05, 0.1) is 0 Å². The molecule has 0 atom stereocenters. The van der Waals surface area contributed by atoms with E-state index in [9.17, 15) is 0 Å². The summed E-state index contributed by atoms with van der Waals surface area (Å²) in [4.78, 5) is 9.69. The lowest BCUT2D eigenvalue weighted by molar-refractivity contribution is 0.133. The van der Waals surface area contributed by atoms with Gasteiger partial charge >= 0.3 is 0 Å². The van der Waals surface area contributed by atoms with Crippen LogP contribution in [-0.2, 0) is 0 Å². The molecule has 0 unspecified atom stereocenters. The molecule has 0 amide bonds. The van der Waals surface area contributed by atoms with E-state index in [0.29, 0.717) is 6.10 Å². The Labute approximate surface area is 158 Å². The molecule has 1 aromatic rings. The summed E-state index contributed by atoms with van der Waals surface area (Å²) in [6.45, 7) is 8.95. The monoisotopic (exact) mass is 355 g/mol. The van der Waals surface area contributed by atoms with Crippen LogP contribution >= 0.6 is 0 Å². The van der Waals surface area contributed by atoms with Crippen molar-refractivity contribution >= 4 is 5.70 Å². The molecule has 1 aromatic heterocycles. The summed E-state index contributed by atoms with van der Waals surface area (Å²) in [5.74, 6) is 0.764. The largest absolute Gasteiger partial charge is 0.474 e. The second kappa shape index (κ2) is 8.43. The third kappa shape index (κ3) is 4.22. The van der Waals surface area contributed by atoms with E-state index >= 15 is 0 Å². The lowest BCUT2D eigenvalue weighted by Gasteiger charge is -2.36. The Morgan fingerprint density at radius 2 is 1.77 bits per heavy atom. The van der Waals surface area contributed by atoms with Crippen molar-refractivity contribution in [2.24, 2.45) is 0 Å². The van der Waals surface area contributed by atoms with E-state index < -0.39 is 0 Å². The molecule has 2 saturated carbocycles. The Balaban J connectivity index is 1.32. The summed E-state index contributed by atoms with van der Waals surface area (Å²) in [5.41, 5.74) is 2.23. The van der Waals surface area contributed by atoms with Crippen molar-refractivity contribution < 1.29 is 4.74 Å². The van der Waals surface area contributed by atoms with Gasteiger partial charge in [-0.15, -0.1) is 0 Å². The number of rotatable bonds is 5. The Kier molecular flexibility index (Phi) is 5.78. The topological polar surface area (TPSA) is 28.6 Å². The number of pyridine rings is 1. The van der Waals surface area contributed by atoms with Gasteiger partial charge in [0.1, 0.15) is 6.10 Å². The lowest BCUT2D eigenvalue weighted by atomic mass is 9.91. The van der Waals surface area contributed by atoms with E-state index in [1.807, 2.05) is 12.3 Å². The molecule has 142 valence electrons. The van der Waals surface area contributed by atoms with Crippen molar-refractivity contribution in [2.45, 2.75) is 69.9 Å². The predicted octanol–water partition coefficient (Wildman–Crippen LogP) is 4.32.